The zero-order chi connectivity index (χ0) is 26.9. The van der Waals surface area contributed by atoms with E-state index in [0.717, 1.165) is 27.7 Å². The molecule has 4 N–H and O–H groups in total. The Hall–Kier alpha value is -4.27. The molecule has 2 amide bonds. The molecule has 2 atom stereocenters. The smallest absolute Gasteiger partial charge is 0.265 e. The van der Waals surface area contributed by atoms with Gasteiger partial charge in [0.1, 0.15) is 23.9 Å². The molecule has 4 aromatic rings. The summed E-state index contributed by atoms with van der Waals surface area (Å²) < 4.78 is 6.15. The van der Waals surface area contributed by atoms with Crippen LogP contribution in [0.5, 0.6) is 5.75 Å². The molecule has 0 radical (unpaired) electrons. The van der Waals surface area contributed by atoms with E-state index in [1.54, 1.807) is 36.7 Å². The lowest BCUT2D eigenvalue weighted by atomic mass is 9.89. The number of benzene rings is 3. The lowest BCUT2D eigenvalue weighted by Crippen LogP contribution is -2.50. The Labute approximate surface area is 221 Å². The van der Waals surface area contributed by atoms with Crippen molar-refractivity contribution in [3.63, 3.8) is 0 Å². The number of carbonyl (C=O) groups is 2. The van der Waals surface area contributed by atoms with Gasteiger partial charge in [-0.3, -0.25) is 14.8 Å². The molecule has 38 heavy (non-hydrogen) atoms. The minimum atomic E-state index is -1.24. The zero-order valence-electron chi connectivity index (χ0n) is 21.3. The first-order chi connectivity index (χ1) is 18.3. The molecule has 1 aliphatic heterocycles. The van der Waals surface area contributed by atoms with E-state index in [1.165, 1.54) is 10.5 Å². The summed E-state index contributed by atoms with van der Waals surface area (Å²) in [5.74, 6) is -0.361. The topological polar surface area (TPSA) is 118 Å². The second kappa shape index (κ2) is 10.2. The highest BCUT2D eigenvalue weighted by atomic mass is 16.5. The molecule has 0 spiro atoms. The van der Waals surface area contributed by atoms with Crippen molar-refractivity contribution in [3.8, 4) is 17.0 Å². The van der Waals surface area contributed by atoms with Crippen molar-refractivity contribution in [1.29, 1.82) is 0 Å². The highest BCUT2D eigenvalue weighted by Gasteiger charge is 2.47. The molecule has 3 aromatic carbocycles. The van der Waals surface area contributed by atoms with Crippen LogP contribution in [0.25, 0.3) is 22.2 Å². The lowest BCUT2D eigenvalue weighted by Gasteiger charge is -2.27. The van der Waals surface area contributed by atoms with Crippen LogP contribution in [-0.4, -0.2) is 39.5 Å². The van der Waals surface area contributed by atoms with Crippen LogP contribution in [0.4, 0.5) is 0 Å². The SMILES string of the molecule is Cc1ccc(-c2cc(COc3ccc(C4(N)CCN(C(C)C(=O)NO)C4=O)cc3)c3ccccc3n2)cc1. The predicted molar refractivity (Wildman–Crippen MR) is 144 cm³/mol. The van der Waals surface area contributed by atoms with Crippen LogP contribution >= 0.6 is 0 Å². The highest BCUT2D eigenvalue weighted by Crippen LogP contribution is 2.33. The van der Waals surface area contributed by atoms with Crippen LogP contribution in [0.15, 0.2) is 78.9 Å². The monoisotopic (exact) mass is 510 g/mol. The Morgan fingerprint density at radius 2 is 1.84 bits per heavy atom. The third-order valence-electron chi connectivity index (χ3n) is 7.26. The molecule has 1 aromatic heterocycles. The van der Waals surface area contributed by atoms with Gasteiger partial charge >= 0.3 is 0 Å². The average molecular weight is 511 g/mol. The first-order valence-electron chi connectivity index (χ1n) is 12.5. The maximum Gasteiger partial charge on any atom is 0.265 e. The standard InChI is InChI=1S/C30H30N4O4/c1-19-7-9-21(10-8-19)27-17-22(25-5-3-4-6-26(25)32-27)18-38-24-13-11-23(12-14-24)30(31)15-16-34(29(30)36)20(2)28(35)33-37/h3-14,17,20,37H,15-16,18,31H2,1-2H3,(H,33,35). The van der Waals surface area contributed by atoms with Gasteiger partial charge in [0.2, 0.25) is 5.91 Å². The van der Waals surface area contributed by atoms with E-state index in [2.05, 4.69) is 37.3 Å². The van der Waals surface area contributed by atoms with Crippen LogP contribution in [0.1, 0.15) is 30.0 Å². The Bertz CT molecular complexity index is 1490. The number of para-hydroxylation sites is 1. The molecular weight excluding hydrogens is 480 g/mol. The molecule has 2 heterocycles. The van der Waals surface area contributed by atoms with Gasteiger partial charge in [0, 0.05) is 23.1 Å². The first kappa shape index (κ1) is 25.4. The van der Waals surface area contributed by atoms with Crippen molar-refractivity contribution >= 4 is 22.7 Å². The molecule has 1 saturated heterocycles. The van der Waals surface area contributed by atoms with Crippen molar-refractivity contribution in [1.82, 2.24) is 15.4 Å². The molecule has 8 nitrogen and oxygen atoms in total. The van der Waals surface area contributed by atoms with Gasteiger partial charge in [0.05, 0.1) is 11.2 Å². The van der Waals surface area contributed by atoms with E-state index in [-0.39, 0.29) is 5.91 Å². The minimum absolute atomic E-state index is 0.320. The van der Waals surface area contributed by atoms with Gasteiger partial charge in [-0.15, -0.1) is 0 Å². The fourth-order valence-electron chi connectivity index (χ4n) is 4.88. The van der Waals surface area contributed by atoms with Crippen LogP contribution in [0.3, 0.4) is 0 Å². The van der Waals surface area contributed by atoms with Gasteiger partial charge in [-0.1, -0.05) is 60.2 Å². The van der Waals surface area contributed by atoms with E-state index >= 15 is 0 Å². The van der Waals surface area contributed by atoms with Gasteiger partial charge < -0.3 is 15.4 Å². The number of aryl methyl sites for hydroxylation is 1. The van der Waals surface area contributed by atoms with Gasteiger partial charge in [0.15, 0.2) is 0 Å². The third kappa shape index (κ3) is 4.71. The predicted octanol–water partition coefficient (Wildman–Crippen LogP) is 4.07. The second-order valence-electron chi connectivity index (χ2n) is 9.73. The molecule has 0 bridgehead atoms. The number of aromatic nitrogens is 1. The van der Waals surface area contributed by atoms with Crippen LogP contribution < -0.4 is 16.0 Å². The van der Waals surface area contributed by atoms with E-state index in [0.29, 0.717) is 30.9 Å². The van der Waals surface area contributed by atoms with Crippen molar-refractivity contribution in [2.45, 2.75) is 38.5 Å². The van der Waals surface area contributed by atoms with Crippen molar-refractivity contribution in [3.05, 3.63) is 95.6 Å². The number of amides is 2. The van der Waals surface area contributed by atoms with E-state index < -0.39 is 17.5 Å². The number of likely N-dealkylation sites (tertiary alicyclic amines) is 1. The normalized spacial score (nSPS) is 18.0. The first-order valence-corrected chi connectivity index (χ1v) is 12.5. The summed E-state index contributed by atoms with van der Waals surface area (Å²) in [6.45, 7) is 4.28. The fraction of sp³-hybridized carbons (Fsp3) is 0.233. The van der Waals surface area contributed by atoms with Gasteiger partial charge in [-0.25, -0.2) is 10.5 Å². The molecule has 0 saturated carbocycles. The summed E-state index contributed by atoms with van der Waals surface area (Å²) in [4.78, 5) is 31.1. The average Bonchev–Trinajstić information content (AvgIpc) is 3.26. The number of hydrogen-bond acceptors (Lipinski definition) is 6. The number of hydroxylamine groups is 1. The van der Waals surface area contributed by atoms with Crippen LogP contribution in [0.2, 0.25) is 0 Å². The lowest BCUT2D eigenvalue weighted by molar-refractivity contribution is -0.143. The molecule has 5 rings (SSSR count). The van der Waals surface area contributed by atoms with E-state index in [4.69, 9.17) is 20.7 Å². The quantitative estimate of drug-likeness (QED) is 0.255. The Morgan fingerprint density at radius 3 is 2.55 bits per heavy atom. The summed E-state index contributed by atoms with van der Waals surface area (Å²) in [5.41, 5.74) is 12.6. The van der Waals surface area contributed by atoms with Crippen molar-refractivity contribution in [2.75, 3.05) is 6.54 Å². The number of nitrogens with zero attached hydrogens (tertiary/aromatic N) is 2. The summed E-state index contributed by atoms with van der Waals surface area (Å²) in [5, 5.41) is 9.94. The zero-order valence-corrected chi connectivity index (χ0v) is 21.3. The minimum Gasteiger partial charge on any atom is -0.489 e. The molecule has 0 aliphatic carbocycles. The number of fused-ring (bicyclic) bond motifs is 1. The molecule has 1 fully saturated rings. The van der Waals surface area contributed by atoms with Crippen LogP contribution in [0, 0.1) is 6.92 Å². The largest absolute Gasteiger partial charge is 0.489 e. The van der Waals surface area contributed by atoms with Crippen molar-refractivity contribution in [2.24, 2.45) is 5.73 Å². The number of nitrogens with one attached hydrogen (secondary N) is 1. The fourth-order valence-corrected chi connectivity index (χ4v) is 4.88. The Morgan fingerprint density at radius 1 is 1.13 bits per heavy atom. The van der Waals surface area contributed by atoms with Gasteiger partial charge in [0.25, 0.3) is 5.91 Å². The van der Waals surface area contributed by atoms with Gasteiger partial charge in [-0.05, 0) is 50.1 Å². The molecule has 1 aliphatic rings. The summed E-state index contributed by atoms with van der Waals surface area (Å²) in [7, 11) is 0. The Balaban J connectivity index is 1.35. The number of carbonyl (C=O) groups excluding carboxylic acids is 2. The third-order valence-corrected chi connectivity index (χ3v) is 7.26. The number of pyridine rings is 1. The van der Waals surface area contributed by atoms with E-state index in [9.17, 15) is 9.59 Å². The Kier molecular flexibility index (Phi) is 6.84. The summed E-state index contributed by atoms with van der Waals surface area (Å²) in [6.07, 6.45) is 0.361. The summed E-state index contributed by atoms with van der Waals surface area (Å²) >= 11 is 0. The van der Waals surface area contributed by atoms with Crippen molar-refractivity contribution < 1.29 is 19.5 Å². The maximum absolute atomic E-state index is 13.1. The molecular formula is C30H30N4O4. The second-order valence-corrected chi connectivity index (χ2v) is 9.73. The number of nitrogens with two attached hydrogens (primary N) is 1. The number of rotatable bonds is 7. The maximum atomic E-state index is 13.1. The molecule has 194 valence electrons. The summed E-state index contributed by atoms with van der Waals surface area (Å²) in [6, 6.07) is 24.7. The number of ether oxygens (including phenoxy) is 1. The molecule has 8 heteroatoms. The highest BCUT2D eigenvalue weighted by molar-refractivity contribution is 5.94. The number of hydrogen-bond donors (Lipinski definition) is 3. The molecule has 2 unspecified atom stereocenters. The van der Waals surface area contributed by atoms with E-state index in [1.807, 2.05) is 24.3 Å². The van der Waals surface area contributed by atoms with Crippen LogP contribution in [-0.2, 0) is 21.7 Å². The van der Waals surface area contributed by atoms with Gasteiger partial charge in [-0.2, -0.15) is 0 Å².